The molecule has 0 heterocycles. The molecule has 0 aliphatic rings. The molecule has 0 unspecified atom stereocenters. The summed E-state index contributed by atoms with van der Waals surface area (Å²) in [4.78, 5) is 24.1. The van der Waals surface area contributed by atoms with E-state index in [1.807, 2.05) is 30.3 Å². The van der Waals surface area contributed by atoms with Crippen molar-refractivity contribution in [3.05, 3.63) is 35.9 Å². The van der Waals surface area contributed by atoms with E-state index in [0.717, 1.165) is 5.56 Å². The van der Waals surface area contributed by atoms with Gasteiger partial charge in [-0.05, 0) is 26.3 Å². The number of carbonyl (C=O) groups is 2. The van der Waals surface area contributed by atoms with Gasteiger partial charge in [-0.2, -0.15) is 0 Å². The highest BCUT2D eigenvalue weighted by Crippen LogP contribution is 2.08. The maximum Gasteiger partial charge on any atom is 0.408 e. The molecule has 22 heavy (non-hydrogen) atoms. The summed E-state index contributed by atoms with van der Waals surface area (Å²) in [6, 6.07) is 8.77. The van der Waals surface area contributed by atoms with Crippen molar-refractivity contribution in [1.29, 1.82) is 0 Å². The fraction of sp³-hybridized carbons (Fsp3) is 0.500. The molecule has 0 spiro atoms. The smallest absolute Gasteiger partial charge is 0.408 e. The third-order valence-electron chi connectivity index (χ3n) is 2.73. The Morgan fingerprint density at radius 3 is 2.41 bits per heavy atom. The van der Waals surface area contributed by atoms with Gasteiger partial charge in [0, 0.05) is 19.5 Å². The number of alkyl carbamates (subject to hydrolysis) is 1. The Bertz CT molecular complexity index is 483. The second kappa shape index (κ2) is 8.38. The molecule has 1 aromatic rings. The van der Waals surface area contributed by atoms with Gasteiger partial charge in [0.15, 0.2) is 0 Å². The van der Waals surface area contributed by atoms with Gasteiger partial charge in [0.1, 0.15) is 11.6 Å². The minimum Gasteiger partial charge on any atom is -0.444 e. The molecule has 1 atom stereocenters. The first-order valence-electron chi connectivity index (χ1n) is 7.33. The standard InChI is InChI=1S/C16H25N3O3/c1-16(2,3)22-15(21)19-13(14(20)18-10-9-17)11-12-7-5-4-6-8-12/h4-8,13H,9-11,17H2,1-3H3,(H,18,20)(H,19,21)/t13-/m0/s1. The zero-order valence-corrected chi connectivity index (χ0v) is 13.4. The molecular formula is C16H25N3O3. The van der Waals surface area contributed by atoms with Crippen molar-refractivity contribution in [2.45, 2.75) is 38.8 Å². The largest absolute Gasteiger partial charge is 0.444 e. The average molecular weight is 307 g/mol. The Labute approximate surface area is 131 Å². The Kier molecular flexibility index (Phi) is 6.85. The Hall–Kier alpha value is -2.08. The number of nitrogens with two attached hydrogens (primary N) is 1. The van der Waals surface area contributed by atoms with Crippen molar-refractivity contribution in [2.75, 3.05) is 13.1 Å². The van der Waals surface area contributed by atoms with E-state index in [9.17, 15) is 9.59 Å². The highest BCUT2D eigenvalue weighted by Gasteiger charge is 2.24. The molecule has 6 heteroatoms. The van der Waals surface area contributed by atoms with Gasteiger partial charge < -0.3 is 21.1 Å². The van der Waals surface area contributed by atoms with Crippen LogP contribution in [0.5, 0.6) is 0 Å². The third-order valence-corrected chi connectivity index (χ3v) is 2.73. The minimum absolute atomic E-state index is 0.278. The fourth-order valence-electron chi connectivity index (χ4n) is 1.83. The molecule has 0 aromatic heterocycles. The predicted molar refractivity (Wildman–Crippen MR) is 85.4 cm³/mol. The van der Waals surface area contributed by atoms with Crippen molar-refractivity contribution < 1.29 is 14.3 Å². The highest BCUT2D eigenvalue weighted by molar-refractivity contribution is 5.86. The number of hydrogen-bond donors (Lipinski definition) is 3. The van der Waals surface area contributed by atoms with E-state index in [1.54, 1.807) is 20.8 Å². The van der Waals surface area contributed by atoms with E-state index >= 15 is 0 Å². The molecule has 0 aliphatic carbocycles. The van der Waals surface area contributed by atoms with Crippen LogP contribution < -0.4 is 16.4 Å². The summed E-state index contributed by atoms with van der Waals surface area (Å²) in [5, 5.41) is 5.30. The van der Waals surface area contributed by atoms with Crippen LogP contribution in [0.15, 0.2) is 30.3 Å². The number of benzene rings is 1. The van der Waals surface area contributed by atoms with Crippen molar-refractivity contribution in [3.63, 3.8) is 0 Å². The first kappa shape index (κ1) is 18.0. The molecule has 0 saturated heterocycles. The summed E-state index contributed by atoms with van der Waals surface area (Å²) >= 11 is 0. The molecule has 2 amide bonds. The van der Waals surface area contributed by atoms with Gasteiger partial charge in [0.05, 0.1) is 0 Å². The molecule has 0 fully saturated rings. The van der Waals surface area contributed by atoms with Crippen LogP contribution in [0, 0.1) is 0 Å². The van der Waals surface area contributed by atoms with E-state index in [1.165, 1.54) is 0 Å². The topological polar surface area (TPSA) is 93.4 Å². The summed E-state index contributed by atoms with van der Waals surface area (Å²) in [6.07, 6.45) is -0.229. The van der Waals surface area contributed by atoms with Gasteiger partial charge in [0.2, 0.25) is 5.91 Å². The number of rotatable bonds is 6. The summed E-state index contributed by atoms with van der Waals surface area (Å²) in [5.74, 6) is -0.278. The van der Waals surface area contributed by atoms with E-state index in [4.69, 9.17) is 10.5 Å². The third kappa shape index (κ3) is 7.08. The lowest BCUT2D eigenvalue weighted by Gasteiger charge is -2.23. The van der Waals surface area contributed by atoms with Gasteiger partial charge in [-0.25, -0.2) is 4.79 Å². The molecule has 4 N–H and O–H groups in total. The molecule has 6 nitrogen and oxygen atoms in total. The van der Waals surface area contributed by atoms with Crippen LogP contribution in [0.25, 0.3) is 0 Å². The summed E-state index contributed by atoms with van der Waals surface area (Å²) < 4.78 is 5.21. The molecule has 1 rings (SSSR count). The van der Waals surface area contributed by atoms with Crippen molar-refractivity contribution >= 4 is 12.0 Å². The number of ether oxygens (including phenoxy) is 1. The Balaban J connectivity index is 2.73. The molecule has 1 aromatic carbocycles. The maximum atomic E-state index is 12.2. The van der Waals surface area contributed by atoms with Crippen molar-refractivity contribution in [1.82, 2.24) is 10.6 Å². The van der Waals surface area contributed by atoms with Gasteiger partial charge in [-0.1, -0.05) is 30.3 Å². The second-order valence-electron chi connectivity index (χ2n) is 5.97. The lowest BCUT2D eigenvalue weighted by Crippen LogP contribution is -2.50. The van der Waals surface area contributed by atoms with E-state index < -0.39 is 17.7 Å². The lowest BCUT2D eigenvalue weighted by molar-refractivity contribution is -0.123. The first-order chi connectivity index (χ1) is 10.3. The van der Waals surface area contributed by atoms with Crippen molar-refractivity contribution in [2.24, 2.45) is 5.73 Å². The Morgan fingerprint density at radius 1 is 1.23 bits per heavy atom. The SMILES string of the molecule is CC(C)(C)OC(=O)N[C@@H](Cc1ccccc1)C(=O)NCCN. The molecule has 0 saturated carbocycles. The van der Waals surface area contributed by atoms with Crippen LogP contribution in [0.4, 0.5) is 4.79 Å². The quantitative estimate of drug-likeness (QED) is 0.736. The van der Waals surface area contributed by atoms with Crippen LogP contribution >= 0.6 is 0 Å². The zero-order chi connectivity index (χ0) is 16.6. The molecule has 122 valence electrons. The van der Waals surface area contributed by atoms with Gasteiger partial charge in [-0.3, -0.25) is 4.79 Å². The van der Waals surface area contributed by atoms with Gasteiger partial charge in [0.25, 0.3) is 0 Å². The average Bonchev–Trinajstić information content (AvgIpc) is 2.43. The van der Waals surface area contributed by atoms with Crippen LogP contribution in [-0.2, 0) is 16.0 Å². The zero-order valence-electron chi connectivity index (χ0n) is 13.4. The number of amides is 2. The van der Waals surface area contributed by atoms with Crippen LogP contribution in [0.2, 0.25) is 0 Å². The summed E-state index contributed by atoms with van der Waals surface area (Å²) in [5.41, 5.74) is 5.72. The van der Waals surface area contributed by atoms with Crippen LogP contribution in [0.1, 0.15) is 26.3 Å². The number of hydrogen-bond acceptors (Lipinski definition) is 4. The predicted octanol–water partition coefficient (Wildman–Crippen LogP) is 1.20. The monoisotopic (exact) mass is 307 g/mol. The number of nitrogens with one attached hydrogen (secondary N) is 2. The van der Waals surface area contributed by atoms with E-state index in [2.05, 4.69) is 10.6 Å². The van der Waals surface area contributed by atoms with Gasteiger partial charge >= 0.3 is 6.09 Å². The van der Waals surface area contributed by atoms with Crippen LogP contribution in [-0.4, -0.2) is 36.7 Å². The maximum absolute atomic E-state index is 12.2. The lowest BCUT2D eigenvalue weighted by atomic mass is 10.1. The first-order valence-corrected chi connectivity index (χ1v) is 7.33. The molecule has 0 radical (unpaired) electrons. The highest BCUT2D eigenvalue weighted by atomic mass is 16.6. The molecule has 0 bridgehead atoms. The summed E-state index contributed by atoms with van der Waals surface area (Å²) in [6.45, 7) is 6.02. The Morgan fingerprint density at radius 2 is 1.86 bits per heavy atom. The van der Waals surface area contributed by atoms with E-state index in [0.29, 0.717) is 19.5 Å². The second-order valence-corrected chi connectivity index (χ2v) is 5.97. The molecule has 0 aliphatic heterocycles. The van der Waals surface area contributed by atoms with E-state index in [-0.39, 0.29) is 5.91 Å². The normalized spacial score (nSPS) is 12.4. The minimum atomic E-state index is -0.705. The number of carbonyl (C=O) groups excluding carboxylic acids is 2. The fourth-order valence-corrected chi connectivity index (χ4v) is 1.83. The van der Waals surface area contributed by atoms with Crippen LogP contribution in [0.3, 0.4) is 0 Å². The van der Waals surface area contributed by atoms with Crippen molar-refractivity contribution in [3.8, 4) is 0 Å². The van der Waals surface area contributed by atoms with Gasteiger partial charge in [-0.15, -0.1) is 0 Å². The molecular weight excluding hydrogens is 282 g/mol. The summed E-state index contributed by atoms with van der Waals surface area (Å²) in [7, 11) is 0.